The van der Waals surface area contributed by atoms with Gasteiger partial charge in [0, 0.05) is 25.0 Å². The number of ketones is 1. The highest BCUT2D eigenvalue weighted by atomic mass is 19.1. The van der Waals surface area contributed by atoms with E-state index in [-0.39, 0.29) is 5.71 Å². The second-order valence-electron chi connectivity index (χ2n) is 6.94. The lowest BCUT2D eigenvalue weighted by atomic mass is 9.88. The maximum atomic E-state index is 13.8. The van der Waals surface area contributed by atoms with Crippen LogP contribution in [0.2, 0.25) is 0 Å². The second kappa shape index (κ2) is 10.3. The van der Waals surface area contributed by atoms with Crippen LogP contribution in [0.25, 0.3) is 0 Å². The van der Waals surface area contributed by atoms with Crippen molar-refractivity contribution in [1.29, 1.82) is 5.41 Å². The molecule has 2 unspecified atom stereocenters. The molecule has 5 nitrogen and oxygen atoms in total. The Bertz CT molecular complexity index is 1080. The predicted octanol–water partition coefficient (Wildman–Crippen LogP) is 5.06. The second-order valence-corrected chi connectivity index (χ2v) is 6.94. The molecule has 0 bridgehead atoms. The number of carbonyl (C=O) groups is 1. The zero-order chi connectivity index (χ0) is 22.2. The van der Waals surface area contributed by atoms with Gasteiger partial charge in [-0.2, -0.15) is 0 Å². The number of aliphatic imine (C=N–C) groups is 1. The summed E-state index contributed by atoms with van der Waals surface area (Å²) >= 11 is 0. The molecular weight excluding hydrogens is 393 g/mol. The third-order valence-electron chi connectivity index (χ3n) is 4.86. The molecule has 0 radical (unpaired) electrons. The van der Waals surface area contributed by atoms with E-state index in [4.69, 9.17) is 10.1 Å². The maximum Gasteiger partial charge on any atom is 0.204 e. The Kier molecular flexibility index (Phi) is 7.27. The van der Waals surface area contributed by atoms with Gasteiger partial charge in [-0.15, -0.1) is 0 Å². The summed E-state index contributed by atoms with van der Waals surface area (Å²) in [6.07, 6.45) is 1.49. The van der Waals surface area contributed by atoms with Crippen molar-refractivity contribution >= 4 is 23.4 Å². The standard InChI is InChI=1S/C25H24FN3O2/c1-28-16-22(18-10-6-11-19(26)14-18)23(27)25(30)24(17-8-4-3-5-9-17)29-20-12-7-13-21(15-20)31-2/h3-16,22,24,27,29H,1-2H3. The van der Waals surface area contributed by atoms with Crippen LogP contribution in [0.4, 0.5) is 10.1 Å². The van der Waals surface area contributed by atoms with E-state index in [1.807, 2.05) is 48.5 Å². The first-order chi connectivity index (χ1) is 15.0. The predicted molar refractivity (Wildman–Crippen MR) is 122 cm³/mol. The summed E-state index contributed by atoms with van der Waals surface area (Å²) < 4.78 is 19.1. The summed E-state index contributed by atoms with van der Waals surface area (Å²) in [6.45, 7) is 0. The Balaban J connectivity index is 1.97. The largest absolute Gasteiger partial charge is 0.497 e. The van der Waals surface area contributed by atoms with E-state index in [2.05, 4.69) is 10.3 Å². The first-order valence-electron chi connectivity index (χ1n) is 9.79. The number of hydrogen-bond donors (Lipinski definition) is 2. The fourth-order valence-electron chi connectivity index (χ4n) is 3.31. The van der Waals surface area contributed by atoms with E-state index in [1.54, 1.807) is 32.4 Å². The molecule has 0 aliphatic heterocycles. The number of anilines is 1. The number of nitrogens with one attached hydrogen (secondary N) is 2. The number of halogens is 1. The summed E-state index contributed by atoms with van der Waals surface area (Å²) in [5.74, 6) is -0.967. The molecule has 6 heteroatoms. The number of benzene rings is 3. The molecule has 3 aromatic rings. The van der Waals surface area contributed by atoms with Crippen molar-refractivity contribution in [1.82, 2.24) is 0 Å². The first kappa shape index (κ1) is 21.9. The zero-order valence-electron chi connectivity index (χ0n) is 17.4. The van der Waals surface area contributed by atoms with Crippen molar-refractivity contribution in [2.75, 3.05) is 19.5 Å². The van der Waals surface area contributed by atoms with Crippen molar-refractivity contribution < 1.29 is 13.9 Å². The van der Waals surface area contributed by atoms with Crippen molar-refractivity contribution in [2.24, 2.45) is 4.99 Å². The summed E-state index contributed by atoms with van der Waals surface area (Å²) in [5.41, 5.74) is 1.71. The van der Waals surface area contributed by atoms with Crippen LogP contribution in [-0.4, -0.2) is 31.9 Å². The molecule has 0 amide bonds. The van der Waals surface area contributed by atoms with Gasteiger partial charge in [-0.25, -0.2) is 4.39 Å². The summed E-state index contributed by atoms with van der Waals surface area (Å²) in [7, 11) is 3.13. The number of carbonyl (C=O) groups excluding carboxylic acids is 1. The molecule has 0 aliphatic carbocycles. The molecule has 3 aromatic carbocycles. The zero-order valence-corrected chi connectivity index (χ0v) is 17.4. The number of hydrogen-bond acceptors (Lipinski definition) is 5. The average molecular weight is 417 g/mol. The first-order valence-corrected chi connectivity index (χ1v) is 9.79. The topological polar surface area (TPSA) is 74.5 Å². The molecule has 0 aliphatic rings. The quantitative estimate of drug-likeness (QED) is 0.478. The van der Waals surface area contributed by atoms with Crippen LogP contribution in [0.5, 0.6) is 5.75 Å². The lowest BCUT2D eigenvalue weighted by Crippen LogP contribution is -2.32. The van der Waals surface area contributed by atoms with E-state index in [0.29, 0.717) is 22.6 Å². The molecule has 2 atom stereocenters. The molecule has 3 rings (SSSR count). The Hall–Kier alpha value is -3.80. The van der Waals surface area contributed by atoms with E-state index in [1.165, 1.54) is 18.3 Å². The number of rotatable bonds is 9. The Morgan fingerprint density at radius 3 is 2.42 bits per heavy atom. The van der Waals surface area contributed by atoms with Gasteiger partial charge in [-0.05, 0) is 35.4 Å². The molecule has 31 heavy (non-hydrogen) atoms. The average Bonchev–Trinajstić information content (AvgIpc) is 2.81. The maximum absolute atomic E-state index is 13.8. The lowest BCUT2D eigenvalue weighted by molar-refractivity contribution is -0.113. The Labute approximate surface area is 181 Å². The van der Waals surface area contributed by atoms with E-state index >= 15 is 0 Å². The molecule has 0 spiro atoms. The number of Topliss-reactive ketones (excluding diaryl/α,β-unsaturated/α-hetero) is 1. The molecule has 2 N–H and O–H groups in total. The highest BCUT2D eigenvalue weighted by Gasteiger charge is 2.29. The van der Waals surface area contributed by atoms with Crippen LogP contribution in [-0.2, 0) is 4.79 Å². The van der Waals surface area contributed by atoms with Gasteiger partial charge in [0.15, 0.2) is 0 Å². The Morgan fingerprint density at radius 2 is 1.74 bits per heavy atom. The molecule has 0 saturated carbocycles. The minimum Gasteiger partial charge on any atom is -0.497 e. The van der Waals surface area contributed by atoms with Gasteiger partial charge < -0.3 is 15.5 Å². The van der Waals surface area contributed by atoms with Crippen molar-refractivity contribution in [2.45, 2.75) is 12.0 Å². The molecular formula is C25H24FN3O2. The molecule has 0 aromatic heterocycles. The third kappa shape index (κ3) is 5.42. The van der Waals surface area contributed by atoms with E-state index in [0.717, 1.165) is 0 Å². The van der Waals surface area contributed by atoms with Crippen LogP contribution in [0, 0.1) is 11.2 Å². The fourth-order valence-corrected chi connectivity index (χ4v) is 3.31. The molecule has 158 valence electrons. The van der Waals surface area contributed by atoms with Crippen LogP contribution in [0.3, 0.4) is 0 Å². The molecule has 0 saturated heterocycles. The van der Waals surface area contributed by atoms with Crippen LogP contribution in [0.1, 0.15) is 23.1 Å². The number of nitrogens with zero attached hydrogens (tertiary/aromatic N) is 1. The summed E-state index contributed by atoms with van der Waals surface area (Å²) in [4.78, 5) is 17.5. The highest BCUT2D eigenvalue weighted by molar-refractivity contribution is 6.45. The summed E-state index contributed by atoms with van der Waals surface area (Å²) in [5, 5.41) is 11.9. The molecule has 0 heterocycles. The number of methoxy groups -OCH3 is 1. The van der Waals surface area contributed by atoms with Gasteiger partial charge in [0.1, 0.15) is 17.6 Å². The SMILES string of the molecule is CN=CC(C(=N)C(=O)C(Nc1cccc(OC)c1)c1ccccc1)c1cccc(F)c1. The summed E-state index contributed by atoms with van der Waals surface area (Å²) in [6, 6.07) is 21.5. The smallest absolute Gasteiger partial charge is 0.204 e. The van der Waals surface area contributed by atoms with Gasteiger partial charge in [0.25, 0.3) is 0 Å². The fraction of sp³-hybridized carbons (Fsp3) is 0.160. The minimum atomic E-state index is -0.804. The van der Waals surface area contributed by atoms with Crippen LogP contribution < -0.4 is 10.1 Å². The van der Waals surface area contributed by atoms with Gasteiger partial charge in [-0.1, -0.05) is 48.5 Å². The molecule has 0 fully saturated rings. The van der Waals surface area contributed by atoms with Gasteiger partial charge in [-0.3, -0.25) is 9.79 Å². The monoisotopic (exact) mass is 417 g/mol. The lowest BCUT2D eigenvalue weighted by Gasteiger charge is -2.22. The third-order valence-corrected chi connectivity index (χ3v) is 4.86. The Morgan fingerprint density at radius 1 is 1.03 bits per heavy atom. The van der Waals surface area contributed by atoms with Gasteiger partial charge >= 0.3 is 0 Å². The van der Waals surface area contributed by atoms with Crippen LogP contribution in [0.15, 0.2) is 83.9 Å². The van der Waals surface area contributed by atoms with E-state index < -0.39 is 23.6 Å². The van der Waals surface area contributed by atoms with Crippen LogP contribution >= 0.6 is 0 Å². The normalized spacial score (nSPS) is 12.9. The van der Waals surface area contributed by atoms with Crippen molar-refractivity contribution in [3.63, 3.8) is 0 Å². The minimum absolute atomic E-state index is 0.180. The van der Waals surface area contributed by atoms with Crippen molar-refractivity contribution in [3.05, 3.63) is 95.8 Å². The van der Waals surface area contributed by atoms with Gasteiger partial charge in [0.05, 0.1) is 18.7 Å². The van der Waals surface area contributed by atoms with Crippen molar-refractivity contribution in [3.8, 4) is 5.75 Å². The highest BCUT2D eigenvalue weighted by Crippen LogP contribution is 2.27. The van der Waals surface area contributed by atoms with Gasteiger partial charge in [0.2, 0.25) is 5.78 Å². The van der Waals surface area contributed by atoms with E-state index in [9.17, 15) is 9.18 Å². The number of ether oxygens (including phenoxy) is 1.